The van der Waals surface area contributed by atoms with E-state index in [1.807, 2.05) is 60.7 Å². The highest BCUT2D eigenvalue weighted by Gasteiger charge is 2.28. The predicted octanol–water partition coefficient (Wildman–Crippen LogP) is 6.86. The van der Waals surface area contributed by atoms with Crippen molar-refractivity contribution in [1.82, 2.24) is 4.98 Å². The number of aliphatic hydroxyl groups excluding tert-OH is 1. The number of thiophene rings is 1. The molecule has 43 heavy (non-hydrogen) atoms. The molecule has 3 N–H and O–H groups in total. The number of amides is 2. The molecule has 3 heterocycles. The Bertz CT molecular complexity index is 1790. The summed E-state index contributed by atoms with van der Waals surface area (Å²) in [5.41, 5.74) is 4.51. The van der Waals surface area contributed by atoms with E-state index < -0.39 is 5.82 Å². The normalized spacial score (nSPS) is 13.0. The fourth-order valence-corrected chi connectivity index (χ4v) is 6.39. The number of hydrogen-bond donors (Lipinski definition) is 3. The van der Waals surface area contributed by atoms with Crippen LogP contribution in [0.25, 0.3) is 10.4 Å². The number of nitrogens with zero attached hydrogens (tertiary/aromatic N) is 2. The number of aryl methyl sites for hydroxylation is 1. The van der Waals surface area contributed by atoms with Gasteiger partial charge in [-0.2, -0.15) is 0 Å². The molecule has 5 aromatic rings. The summed E-state index contributed by atoms with van der Waals surface area (Å²) in [4.78, 5) is 34.7. The molecule has 2 aromatic heterocycles. The third kappa shape index (κ3) is 5.77. The first kappa shape index (κ1) is 28.3. The summed E-state index contributed by atoms with van der Waals surface area (Å²) < 4.78 is 14.4. The third-order valence-corrected chi connectivity index (χ3v) is 8.67. The number of hydrogen-bond acceptors (Lipinski definition) is 6. The molecule has 0 fully saturated rings. The van der Waals surface area contributed by atoms with E-state index in [2.05, 4.69) is 15.6 Å². The molecule has 0 aliphatic carbocycles. The average molecular weight is 593 g/mol. The maximum atomic E-state index is 14.4. The molecule has 0 unspecified atom stereocenters. The van der Waals surface area contributed by atoms with Crippen molar-refractivity contribution < 1.29 is 19.1 Å². The largest absolute Gasteiger partial charge is 0.394 e. The molecule has 7 nitrogen and oxygen atoms in total. The Morgan fingerprint density at radius 1 is 1.00 bits per heavy atom. The number of pyridine rings is 1. The summed E-state index contributed by atoms with van der Waals surface area (Å²) in [7, 11) is 0. The van der Waals surface area contributed by atoms with E-state index in [0.717, 1.165) is 27.3 Å². The molecular formula is C34H29FN4O3S. The molecule has 0 radical (unpaired) electrons. The monoisotopic (exact) mass is 592 g/mol. The van der Waals surface area contributed by atoms with E-state index in [0.29, 0.717) is 29.2 Å². The van der Waals surface area contributed by atoms with Crippen molar-refractivity contribution in [3.63, 3.8) is 0 Å². The SMILES string of the molecule is Cc1cccc(F)c1NC(=O)c1cc2c(s1)-c1ccccc1N(C(=O)c1cccc(N[C@H](CO)c3ccccc3)n1)CC2. The molecule has 0 saturated heterocycles. The molecule has 3 aromatic carbocycles. The van der Waals surface area contributed by atoms with Gasteiger partial charge in [-0.05, 0) is 60.4 Å². The Morgan fingerprint density at radius 3 is 2.56 bits per heavy atom. The molecule has 2 amide bonds. The van der Waals surface area contributed by atoms with Gasteiger partial charge >= 0.3 is 0 Å². The maximum Gasteiger partial charge on any atom is 0.276 e. The molecule has 0 spiro atoms. The summed E-state index contributed by atoms with van der Waals surface area (Å²) in [5, 5.41) is 15.9. The van der Waals surface area contributed by atoms with Crippen molar-refractivity contribution in [3.8, 4) is 10.4 Å². The molecule has 0 bridgehead atoms. The van der Waals surface area contributed by atoms with Crippen LogP contribution in [0, 0.1) is 12.7 Å². The lowest BCUT2D eigenvalue weighted by Gasteiger charge is -2.23. The molecule has 9 heteroatoms. The fourth-order valence-electron chi connectivity index (χ4n) is 5.26. The number of carbonyl (C=O) groups excluding carboxylic acids is 2. The number of para-hydroxylation sites is 2. The van der Waals surface area contributed by atoms with Gasteiger partial charge in [-0.15, -0.1) is 11.3 Å². The molecular weight excluding hydrogens is 563 g/mol. The number of anilines is 3. The third-order valence-electron chi connectivity index (χ3n) is 7.46. The Morgan fingerprint density at radius 2 is 1.77 bits per heavy atom. The van der Waals surface area contributed by atoms with Crippen LogP contribution in [0.15, 0.2) is 97.1 Å². The van der Waals surface area contributed by atoms with Crippen LogP contribution in [0.4, 0.5) is 21.6 Å². The van der Waals surface area contributed by atoms with Gasteiger partial charge in [-0.3, -0.25) is 9.59 Å². The average Bonchev–Trinajstić information content (AvgIpc) is 3.40. The number of carbonyl (C=O) groups is 2. The summed E-state index contributed by atoms with van der Waals surface area (Å²) in [5.74, 6) is -0.621. The van der Waals surface area contributed by atoms with Gasteiger partial charge in [0.15, 0.2) is 0 Å². The zero-order valence-electron chi connectivity index (χ0n) is 23.4. The summed E-state index contributed by atoms with van der Waals surface area (Å²) in [6.45, 7) is 2.00. The van der Waals surface area contributed by atoms with Gasteiger partial charge in [0.25, 0.3) is 11.8 Å². The van der Waals surface area contributed by atoms with Crippen molar-refractivity contribution >= 4 is 40.3 Å². The summed E-state index contributed by atoms with van der Waals surface area (Å²) in [6.07, 6.45) is 0.525. The van der Waals surface area contributed by atoms with Gasteiger partial charge in [0, 0.05) is 17.0 Å². The molecule has 1 aliphatic rings. The Labute approximate surface area is 252 Å². The molecule has 216 valence electrons. The van der Waals surface area contributed by atoms with E-state index in [4.69, 9.17) is 0 Å². The molecule has 6 rings (SSSR count). The van der Waals surface area contributed by atoms with Gasteiger partial charge < -0.3 is 20.6 Å². The molecule has 0 saturated carbocycles. The first-order chi connectivity index (χ1) is 20.9. The highest BCUT2D eigenvalue weighted by Crippen LogP contribution is 2.42. The standard InChI is InChI=1S/C34H29FN4O3S/c1-21-9-7-13-25(35)31(21)38-33(41)29-19-23-17-18-39(28-15-6-5-12-24(28)32(23)43-29)34(42)26-14-8-16-30(36-26)37-27(20-40)22-10-3-2-4-11-22/h2-16,19,27,40H,17-18,20H2,1H3,(H,36,37)(H,38,41)/t27-/m1/s1. The van der Waals surface area contributed by atoms with Gasteiger partial charge in [-0.25, -0.2) is 9.37 Å². The van der Waals surface area contributed by atoms with Crippen LogP contribution in [-0.2, 0) is 6.42 Å². The van der Waals surface area contributed by atoms with Gasteiger partial charge in [0.2, 0.25) is 0 Å². The lowest BCUT2D eigenvalue weighted by Crippen LogP contribution is -2.33. The van der Waals surface area contributed by atoms with Crippen molar-refractivity contribution in [1.29, 1.82) is 0 Å². The van der Waals surface area contributed by atoms with E-state index in [-0.39, 0.29) is 35.8 Å². The minimum atomic E-state index is -0.481. The van der Waals surface area contributed by atoms with E-state index in [1.54, 1.807) is 42.2 Å². The van der Waals surface area contributed by atoms with Crippen molar-refractivity contribution in [2.45, 2.75) is 19.4 Å². The number of halogens is 1. The minimum Gasteiger partial charge on any atom is -0.394 e. The van der Waals surface area contributed by atoms with Crippen LogP contribution >= 0.6 is 11.3 Å². The molecule has 1 aliphatic heterocycles. The zero-order chi connectivity index (χ0) is 29.9. The maximum absolute atomic E-state index is 14.4. The second kappa shape index (κ2) is 12.2. The second-order valence-corrected chi connectivity index (χ2v) is 11.3. The Hall–Kier alpha value is -4.86. The first-order valence-corrected chi connectivity index (χ1v) is 14.7. The number of fused-ring (bicyclic) bond motifs is 3. The van der Waals surface area contributed by atoms with Crippen molar-refractivity contribution in [3.05, 3.63) is 130 Å². The lowest BCUT2D eigenvalue weighted by atomic mass is 10.1. The van der Waals surface area contributed by atoms with Crippen molar-refractivity contribution in [2.24, 2.45) is 0 Å². The quantitative estimate of drug-likeness (QED) is 0.192. The fraction of sp³-hybridized carbons (Fsp3) is 0.147. The van der Waals surface area contributed by atoms with E-state index in [9.17, 15) is 19.1 Å². The number of aliphatic hydroxyl groups is 1. The second-order valence-electron chi connectivity index (χ2n) is 10.3. The summed E-state index contributed by atoms with van der Waals surface area (Å²) >= 11 is 1.33. The van der Waals surface area contributed by atoms with E-state index in [1.165, 1.54) is 17.4 Å². The van der Waals surface area contributed by atoms with Crippen LogP contribution in [0.3, 0.4) is 0 Å². The lowest BCUT2D eigenvalue weighted by molar-refractivity contribution is 0.0981. The first-order valence-electron chi connectivity index (χ1n) is 13.9. The van der Waals surface area contributed by atoms with Gasteiger partial charge in [-0.1, -0.05) is 66.7 Å². The van der Waals surface area contributed by atoms with Crippen LogP contribution in [0.5, 0.6) is 0 Å². The Kier molecular flexibility index (Phi) is 8.00. The predicted molar refractivity (Wildman–Crippen MR) is 168 cm³/mol. The minimum absolute atomic E-state index is 0.133. The zero-order valence-corrected chi connectivity index (χ0v) is 24.2. The van der Waals surface area contributed by atoms with Crippen LogP contribution in [0.1, 0.15) is 42.9 Å². The highest BCUT2D eigenvalue weighted by molar-refractivity contribution is 7.17. The van der Waals surface area contributed by atoms with Gasteiger partial charge in [0.05, 0.1) is 28.9 Å². The number of aromatic nitrogens is 1. The Balaban J connectivity index is 1.26. The van der Waals surface area contributed by atoms with Gasteiger partial charge in [0.1, 0.15) is 17.3 Å². The van der Waals surface area contributed by atoms with Crippen molar-refractivity contribution in [2.75, 3.05) is 28.7 Å². The number of rotatable bonds is 7. The topological polar surface area (TPSA) is 94.6 Å². The number of nitrogens with one attached hydrogen (secondary N) is 2. The van der Waals surface area contributed by atoms with E-state index >= 15 is 0 Å². The van der Waals surface area contributed by atoms with Crippen LogP contribution in [-0.4, -0.2) is 35.1 Å². The molecule has 1 atom stereocenters. The highest BCUT2D eigenvalue weighted by atomic mass is 32.1. The summed E-state index contributed by atoms with van der Waals surface area (Å²) in [6, 6.07) is 28.5. The smallest absolute Gasteiger partial charge is 0.276 e. The number of benzene rings is 3. The van der Waals surface area contributed by atoms with Crippen LogP contribution in [0.2, 0.25) is 0 Å². The van der Waals surface area contributed by atoms with Crippen LogP contribution < -0.4 is 15.5 Å².